The second-order valence-corrected chi connectivity index (χ2v) is 9.30. The Hall–Kier alpha value is -2.87. The number of thiazole rings is 1. The number of aliphatic hydroxyl groups excluding tert-OH is 1. The number of halogens is 2. The molecule has 2 aromatic carbocycles. The molecule has 3 aromatic rings. The van der Waals surface area contributed by atoms with Gasteiger partial charge in [-0.05, 0) is 48.4 Å². The van der Waals surface area contributed by atoms with Crippen molar-refractivity contribution in [2.45, 2.75) is 25.5 Å². The molecule has 5 rings (SSSR count). The van der Waals surface area contributed by atoms with Gasteiger partial charge in [0.25, 0.3) is 5.78 Å². The van der Waals surface area contributed by atoms with Gasteiger partial charge in [0.05, 0.1) is 21.7 Å². The van der Waals surface area contributed by atoms with Gasteiger partial charge in [0.2, 0.25) is 0 Å². The molecule has 162 valence electrons. The Labute approximate surface area is 197 Å². The average Bonchev–Trinajstić information content (AvgIpc) is 3.47. The molecular formula is C23H16Cl2N2O4S. The first-order chi connectivity index (χ1) is 15.3. The van der Waals surface area contributed by atoms with Crippen LogP contribution in [0, 0.1) is 0 Å². The minimum Gasteiger partial charge on any atom is -0.507 e. The van der Waals surface area contributed by atoms with Crippen LogP contribution in [-0.2, 0) is 16.0 Å². The summed E-state index contributed by atoms with van der Waals surface area (Å²) in [5.74, 6) is -1.08. The summed E-state index contributed by atoms with van der Waals surface area (Å²) in [6.45, 7) is 1.96. The molecule has 6 nitrogen and oxygen atoms in total. The third-order valence-corrected chi connectivity index (χ3v) is 7.01. The van der Waals surface area contributed by atoms with Crippen molar-refractivity contribution in [1.82, 2.24) is 4.98 Å². The molecule has 1 N–H and O–H groups in total. The predicted octanol–water partition coefficient (Wildman–Crippen LogP) is 5.40. The SMILES string of the molecule is C[C@H]1Cc2cc(C(O)=C3C(=O)C(=O)N(c4nccs4)[C@H]3c3ccc(Cl)c(Cl)c3)ccc2O1. The van der Waals surface area contributed by atoms with Gasteiger partial charge in [0, 0.05) is 23.6 Å². The molecule has 0 aliphatic carbocycles. The molecule has 1 fully saturated rings. The quantitative estimate of drug-likeness (QED) is 0.304. The lowest BCUT2D eigenvalue weighted by atomic mass is 9.94. The molecule has 0 bridgehead atoms. The van der Waals surface area contributed by atoms with Gasteiger partial charge in [-0.1, -0.05) is 29.3 Å². The van der Waals surface area contributed by atoms with Crippen LogP contribution in [0.4, 0.5) is 5.13 Å². The highest BCUT2D eigenvalue weighted by atomic mass is 35.5. The van der Waals surface area contributed by atoms with Gasteiger partial charge in [-0.3, -0.25) is 14.5 Å². The maximum atomic E-state index is 13.1. The number of aromatic nitrogens is 1. The summed E-state index contributed by atoms with van der Waals surface area (Å²) < 4.78 is 5.72. The molecular weight excluding hydrogens is 471 g/mol. The first kappa shape index (κ1) is 21.0. The minimum absolute atomic E-state index is 0.0319. The van der Waals surface area contributed by atoms with Crippen LogP contribution in [0.2, 0.25) is 10.0 Å². The number of ether oxygens (including phenoxy) is 1. The van der Waals surface area contributed by atoms with Crippen molar-refractivity contribution < 1.29 is 19.4 Å². The van der Waals surface area contributed by atoms with Crippen molar-refractivity contribution in [3.8, 4) is 5.75 Å². The van der Waals surface area contributed by atoms with E-state index in [4.69, 9.17) is 27.9 Å². The summed E-state index contributed by atoms with van der Waals surface area (Å²) in [5, 5.41) is 13.9. The van der Waals surface area contributed by atoms with Crippen LogP contribution in [0.5, 0.6) is 5.75 Å². The van der Waals surface area contributed by atoms with E-state index < -0.39 is 17.7 Å². The number of hydrogen-bond acceptors (Lipinski definition) is 6. The minimum atomic E-state index is -0.903. The second kappa shape index (κ2) is 7.92. The zero-order chi connectivity index (χ0) is 22.6. The molecule has 0 unspecified atom stereocenters. The van der Waals surface area contributed by atoms with Gasteiger partial charge in [-0.2, -0.15) is 0 Å². The highest BCUT2D eigenvalue weighted by molar-refractivity contribution is 7.14. The van der Waals surface area contributed by atoms with Crippen molar-refractivity contribution in [2.24, 2.45) is 0 Å². The van der Waals surface area contributed by atoms with Gasteiger partial charge in [0.1, 0.15) is 17.6 Å². The number of benzene rings is 2. The lowest BCUT2D eigenvalue weighted by Gasteiger charge is -2.23. The highest BCUT2D eigenvalue weighted by Crippen LogP contribution is 2.44. The Kier molecular flexibility index (Phi) is 5.20. The maximum Gasteiger partial charge on any atom is 0.301 e. The summed E-state index contributed by atoms with van der Waals surface area (Å²) in [7, 11) is 0. The van der Waals surface area contributed by atoms with Crippen molar-refractivity contribution in [3.63, 3.8) is 0 Å². The number of rotatable bonds is 3. The van der Waals surface area contributed by atoms with E-state index in [1.165, 1.54) is 16.2 Å². The molecule has 1 amide bonds. The van der Waals surface area contributed by atoms with E-state index in [0.717, 1.165) is 11.3 Å². The molecule has 2 aliphatic rings. The zero-order valence-corrected chi connectivity index (χ0v) is 19.0. The summed E-state index contributed by atoms with van der Waals surface area (Å²) in [4.78, 5) is 31.7. The maximum absolute atomic E-state index is 13.1. The molecule has 9 heteroatoms. The van der Waals surface area contributed by atoms with Crippen LogP contribution in [0.15, 0.2) is 53.5 Å². The molecule has 1 aromatic heterocycles. The molecule has 3 heterocycles. The lowest BCUT2D eigenvalue weighted by Crippen LogP contribution is -2.29. The monoisotopic (exact) mass is 486 g/mol. The zero-order valence-electron chi connectivity index (χ0n) is 16.7. The fraction of sp³-hybridized carbons (Fsp3) is 0.174. The van der Waals surface area contributed by atoms with Gasteiger partial charge in [-0.15, -0.1) is 11.3 Å². The Morgan fingerprint density at radius 2 is 2.00 bits per heavy atom. The molecule has 1 saturated heterocycles. The Bertz CT molecular complexity index is 1290. The van der Waals surface area contributed by atoms with E-state index in [2.05, 4.69) is 4.98 Å². The average molecular weight is 487 g/mol. The summed E-state index contributed by atoms with van der Waals surface area (Å²) in [5.41, 5.74) is 1.87. The van der Waals surface area contributed by atoms with E-state index in [-0.39, 0.29) is 22.5 Å². The fourth-order valence-corrected chi connectivity index (χ4v) is 5.06. The Morgan fingerprint density at radius 1 is 1.19 bits per heavy atom. The first-order valence-electron chi connectivity index (χ1n) is 9.80. The van der Waals surface area contributed by atoms with Crippen LogP contribution in [-0.4, -0.2) is 27.9 Å². The topological polar surface area (TPSA) is 79.7 Å². The lowest BCUT2D eigenvalue weighted by molar-refractivity contribution is -0.132. The van der Waals surface area contributed by atoms with Gasteiger partial charge >= 0.3 is 5.91 Å². The van der Waals surface area contributed by atoms with Gasteiger partial charge in [0.15, 0.2) is 5.13 Å². The normalized spacial score (nSPS) is 21.7. The Morgan fingerprint density at radius 3 is 2.72 bits per heavy atom. The van der Waals surface area contributed by atoms with Crippen LogP contribution in [0.25, 0.3) is 5.76 Å². The molecule has 32 heavy (non-hydrogen) atoms. The van der Waals surface area contributed by atoms with Gasteiger partial charge in [-0.25, -0.2) is 4.98 Å². The molecule has 2 aliphatic heterocycles. The number of Topliss-reactive ketones (excluding diaryl/α,β-unsaturated/α-hetero) is 1. The largest absolute Gasteiger partial charge is 0.507 e. The fourth-order valence-electron chi connectivity index (χ4n) is 4.09. The number of fused-ring (bicyclic) bond motifs is 1. The van der Waals surface area contributed by atoms with Crippen molar-refractivity contribution >= 4 is 57.1 Å². The van der Waals surface area contributed by atoms with Crippen LogP contribution < -0.4 is 9.64 Å². The summed E-state index contributed by atoms with van der Waals surface area (Å²) in [6, 6.07) is 9.18. The number of aliphatic hydroxyl groups is 1. The number of hydrogen-bond donors (Lipinski definition) is 1. The van der Waals surface area contributed by atoms with Crippen LogP contribution >= 0.6 is 34.5 Å². The van der Waals surface area contributed by atoms with E-state index in [0.29, 0.717) is 27.7 Å². The third kappa shape index (κ3) is 3.37. The number of nitrogens with zero attached hydrogens (tertiary/aromatic N) is 2. The third-order valence-electron chi connectivity index (χ3n) is 5.50. The van der Waals surface area contributed by atoms with Crippen molar-refractivity contribution in [1.29, 1.82) is 0 Å². The van der Waals surface area contributed by atoms with Crippen molar-refractivity contribution in [3.05, 3.63) is 80.3 Å². The Balaban J connectivity index is 1.70. The summed E-state index contributed by atoms with van der Waals surface area (Å²) in [6.07, 6.45) is 2.28. The van der Waals surface area contributed by atoms with Crippen molar-refractivity contribution in [2.75, 3.05) is 4.90 Å². The van der Waals surface area contributed by atoms with E-state index in [1.807, 2.05) is 6.92 Å². The van der Waals surface area contributed by atoms with E-state index in [9.17, 15) is 14.7 Å². The smallest absolute Gasteiger partial charge is 0.301 e. The van der Waals surface area contributed by atoms with E-state index >= 15 is 0 Å². The first-order valence-corrected chi connectivity index (χ1v) is 11.4. The molecule has 0 saturated carbocycles. The number of ketones is 1. The molecule has 2 atom stereocenters. The standard InChI is InChI=1S/C23H16Cl2N2O4S/c1-11-8-14-9-13(3-5-17(14)31-11)20(28)18-19(12-2-4-15(24)16(25)10-12)27(22(30)21(18)29)23-26-6-7-32-23/h2-7,9-11,19,28H,8H2,1H3/t11-,19-/m0/s1. The number of carbonyl (C=O) groups is 2. The number of anilines is 1. The molecule has 0 spiro atoms. The van der Waals surface area contributed by atoms with Gasteiger partial charge < -0.3 is 9.84 Å². The van der Waals surface area contributed by atoms with Crippen LogP contribution in [0.1, 0.15) is 29.7 Å². The predicted molar refractivity (Wildman–Crippen MR) is 124 cm³/mol. The second-order valence-electron chi connectivity index (χ2n) is 7.61. The summed E-state index contributed by atoms with van der Waals surface area (Å²) >= 11 is 13.5. The van der Waals surface area contributed by atoms with Crippen LogP contribution in [0.3, 0.4) is 0 Å². The number of carbonyl (C=O) groups excluding carboxylic acids is 2. The molecule has 0 radical (unpaired) electrons. The number of amides is 1. The highest BCUT2D eigenvalue weighted by Gasteiger charge is 2.48. The van der Waals surface area contributed by atoms with E-state index in [1.54, 1.807) is 48.0 Å².